The van der Waals surface area contributed by atoms with Gasteiger partial charge in [0.05, 0.1) is 7.11 Å². The zero-order valence-electron chi connectivity index (χ0n) is 12.8. The van der Waals surface area contributed by atoms with Gasteiger partial charge >= 0.3 is 5.63 Å². The number of methoxy groups -OCH3 is 1. The maximum absolute atomic E-state index is 12.4. The molecule has 0 aliphatic rings. The molecular weight excluding hydrogens is 306 g/mol. The molecule has 5 nitrogen and oxygen atoms in total. The number of rotatable bonds is 2. The summed E-state index contributed by atoms with van der Waals surface area (Å²) in [6, 6.07) is 16.3. The van der Waals surface area contributed by atoms with E-state index in [0.29, 0.717) is 16.7 Å². The minimum atomic E-state index is -0.633. The smallest absolute Gasteiger partial charge is 0.349 e. The van der Waals surface area contributed by atoms with Crippen molar-refractivity contribution in [1.29, 1.82) is 0 Å². The second-order valence-electron chi connectivity index (χ2n) is 5.41. The lowest BCUT2D eigenvalue weighted by Crippen LogP contribution is -2.16. The summed E-state index contributed by atoms with van der Waals surface area (Å²) in [7, 11) is 1.60. The molecule has 0 spiro atoms. The third-order valence-corrected chi connectivity index (χ3v) is 4.02. The zero-order valence-corrected chi connectivity index (χ0v) is 12.8. The van der Waals surface area contributed by atoms with Crippen LogP contribution < -0.4 is 15.9 Å². The van der Waals surface area contributed by atoms with Crippen LogP contribution in [0.5, 0.6) is 5.75 Å². The number of aromatic nitrogens is 1. The van der Waals surface area contributed by atoms with Gasteiger partial charge in [-0.25, -0.2) is 4.79 Å². The van der Waals surface area contributed by atoms with Gasteiger partial charge in [0.15, 0.2) is 0 Å². The second kappa shape index (κ2) is 5.38. The van der Waals surface area contributed by atoms with Crippen molar-refractivity contribution in [2.45, 2.75) is 0 Å². The minimum absolute atomic E-state index is 0.0333. The molecule has 4 rings (SSSR count). The largest absolute Gasteiger partial charge is 0.497 e. The Bertz CT molecular complexity index is 1170. The number of ether oxygens (including phenoxy) is 1. The van der Waals surface area contributed by atoms with Crippen molar-refractivity contribution >= 4 is 21.7 Å². The highest BCUT2D eigenvalue weighted by molar-refractivity contribution is 6.04. The van der Waals surface area contributed by atoms with Crippen molar-refractivity contribution in [1.82, 2.24) is 4.98 Å². The van der Waals surface area contributed by atoms with Crippen LogP contribution in [0, 0.1) is 0 Å². The molecule has 5 heteroatoms. The number of aromatic amines is 1. The van der Waals surface area contributed by atoms with Crippen molar-refractivity contribution < 1.29 is 9.15 Å². The first-order valence-corrected chi connectivity index (χ1v) is 7.40. The van der Waals surface area contributed by atoms with Crippen LogP contribution in [0.2, 0.25) is 0 Å². The molecule has 1 N–H and O–H groups in total. The third-order valence-electron chi connectivity index (χ3n) is 4.02. The highest BCUT2D eigenvalue weighted by atomic mass is 16.5. The summed E-state index contributed by atoms with van der Waals surface area (Å²) >= 11 is 0. The van der Waals surface area contributed by atoms with Gasteiger partial charge in [-0.3, -0.25) is 4.79 Å². The first kappa shape index (κ1) is 14.3. The molecule has 2 aromatic heterocycles. The Morgan fingerprint density at radius 2 is 1.71 bits per heavy atom. The lowest BCUT2D eigenvalue weighted by Gasteiger charge is -2.07. The molecule has 2 aromatic carbocycles. The van der Waals surface area contributed by atoms with Gasteiger partial charge < -0.3 is 14.1 Å². The fraction of sp³-hybridized carbons (Fsp3) is 0.0526. The molecule has 0 radical (unpaired) electrons. The first-order chi connectivity index (χ1) is 11.7. The summed E-state index contributed by atoms with van der Waals surface area (Å²) in [6.45, 7) is 0. The standard InChI is InChI=1S/C19H13NO4/c1-23-12-8-6-11(7-9-12)15-10-14-13-4-2-3-5-16(13)24-19(22)17(14)18(21)20-15/h2-10H,1H3,(H,20,21). The van der Waals surface area contributed by atoms with Crippen molar-refractivity contribution in [3.05, 3.63) is 75.4 Å². The Labute approximate surface area is 136 Å². The molecule has 0 aliphatic carbocycles. The van der Waals surface area contributed by atoms with Gasteiger partial charge in [-0.05, 0) is 42.0 Å². The number of nitrogens with one attached hydrogen (secondary N) is 1. The summed E-state index contributed by atoms with van der Waals surface area (Å²) in [5, 5.41) is 1.34. The molecule has 2 heterocycles. The van der Waals surface area contributed by atoms with Crippen LogP contribution in [-0.2, 0) is 0 Å². The van der Waals surface area contributed by atoms with E-state index in [1.165, 1.54) is 0 Å². The van der Waals surface area contributed by atoms with Crippen molar-refractivity contribution in [2.24, 2.45) is 0 Å². The predicted octanol–water partition coefficient (Wildman–Crippen LogP) is 3.31. The van der Waals surface area contributed by atoms with Crippen LogP contribution in [0.4, 0.5) is 0 Å². The Hall–Kier alpha value is -3.34. The number of hydrogen-bond acceptors (Lipinski definition) is 4. The highest BCUT2D eigenvalue weighted by Gasteiger charge is 2.12. The number of para-hydroxylation sites is 1. The molecule has 118 valence electrons. The summed E-state index contributed by atoms with van der Waals surface area (Å²) in [6.07, 6.45) is 0. The fourth-order valence-corrected chi connectivity index (χ4v) is 2.83. The fourth-order valence-electron chi connectivity index (χ4n) is 2.83. The highest BCUT2D eigenvalue weighted by Crippen LogP contribution is 2.25. The zero-order chi connectivity index (χ0) is 16.7. The summed E-state index contributed by atoms with van der Waals surface area (Å²) in [5.74, 6) is 0.730. The van der Waals surface area contributed by atoms with Crippen LogP contribution in [0.3, 0.4) is 0 Å². The van der Waals surface area contributed by atoms with Gasteiger partial charge in [-0.15, -0.1) is 0 Å². The van der Waals surface area contributed by atoms with Gasteiger partial charge in [0.1, 0.15) is 16.7 Å². The Kier molecular flexibility index (Phi) is 3.20. The lowest BCUT2D eigenvalue weighted by molar-refractivity contribution is 0.415. The van der Waals surface area contributed by atoms with E-state index in [0.717, 1.165) is 16.7 Å². The number of pyridine rings is 1. The first-order valence-electron chi connectivity index (χ1n) is 7.40. The van der Waals surface area contributed by atoms with Crippen LogP contribution >= 0.6 is 0 Å². The monoisotopic (exact) mass is 319 g/mol. The van der Waals surface area contributed by atoms with Crippen molar-refractivity contribution in [2.75, 3.05) is 7.11 Å². The van der Waals surface area contributed by atoms with E-state index in [4.69, 9.17) is 9.15 Å². The summed E-state index contributed by atoms with van der Waals surface area (Å²) in [4.78, 5) is 27.3. The quantitative estimate of drug-likeness (QED) is 0.454. The van der Waals surface area contributed by atoms with E-state index in [2.05, 4.69) is 4.98 Å². The maximum atomic E-state index is 12.4. The molecule has 0 atom stereocenters. The average molecular weight is 319 g/mol. The summed E-state index contributed by atoms with van der Waals surface area (Å²) in [5.41, 5.74) is 0.823. The number of H-pyrrole nitrogens is 1. The van der Waals surface area contributed by atoms with E-state index in [9.17, 15) is 9.59 Å². The molecule has 24 heavy (non-hydrogen) atoms. The molecule has 0 saturated carbocycles. The van der Waals surface area contributed by atoms with Gasteiger partial charge in [0, 0.05) is 16.5 Å². The van der Waals surface area contributed by atoms with E-state index < -0.39 is 11.2 Å². The van der Waals surface area contributed by atoms with E-state index in [1.54, 1.807) is 25.3 Å². The predicted molar refractivity (Wildman–Crippen MR) is 92.6 cm³/mol. The van der Waals surface area contributed by atoms with E-state index in [1.807, 2.05) is 36.4 Å². The number of hydrogen-bond donors (Lipinski definition) is 1. The van der Waals surface area contributed by atoms with Gasteiger partial charge in [-0.2, -0.15) is 0 Å². The normalized spacial score (nSPS) is 11.0. The van der Waals surface area contributed by atoms with Gasteiger partial charge in [0.2, 0.25) is 0 Å². The van der Waals surface area contributed by atoms with Crippen molar-refractivity contribution in [3.8, 4) is 17.0 Å². The number of benzene rings is 2. The molecule has 0 unspecified atom stereocenters. The van der Waals surface area contributed by atoms with E-state index in [-0.39, 0.29) is 5.39 Å². The van der Waals surface area contributed by atoms with E-state index >= 15 is 0 Å². The molecule has 4 aromatic rings. The molecule has 0 saturated heterocycles. The average Bonchev–Trinajstić information content (AvgIpc) is 2.61. The Morgan fingerprint density at radius 3 is 2.46 bits per heavy atom. The van der Waals surface area contributed by atoms with Crippen LogP contribution in [0.25, 0.3) is 33.0 Å². The maximum Gasteiger partial charge on any atom is 0.349 e. The molecule has 0 aliphatic heterocycles. The van der Waals surface area contributed by atoms with Gasteiger partial charge in [-0.1, -0.05) is 18.2 Å². The van der Waals surface area contributed by atoms with Crippen LogP contribution in [-0.4, -0.2) is 12.1 Å². The van der Waals surface area contributed by atoms with Crippen LogP contribution in [0.1, 0.15) is 0 Å². The Balaban J connectivity index is 2.07. The third kappa shape index (κ3) is 2.18. The topological polar surface area (TPSA) is 72.3 Å². The SMILES string of the molecule is COc1ccc(-c2cc3c(c(=O)[nH]2)c(=O)oc2ccccc23)cc1. The number of fused-ring (bicyclic) bond motifs is 3. The van der Waals surface area contributed by atoms with Gasteiger partial charge in [0.25, 0.3) is 5.56 Å². The second-order valence-corrected chi connectivity index (χ2v) is 5.41. The van der Waals surface area contributed by atoms with Crippen molar-refractivity contribution in [3.63, 3.8) is 0 Å². The molecule has 0 bridgehead atoms. The molecular formula is C19H13NO4. The summed E-state index contributed by atoms with van der Waals surface area (Å²) < 4.78 is 10.4. The lowest BCUT2D eigenvalue weighted by atomic mass is 10.1. The Morgan fingerprint density at radius 1 is 0.958 bits per heavy atom. The minimum Gasteiger partial charge on any atom is -0.497 e. The molecule has 0 fully saturated rings. The van der Waals surface area contributed by atoms with Crippen LogP contribution in [0.15, 0.2) is 68.6 Å². The molecule has 0 amide bonds.